The third-order valence-corrected chi connectivity index (χ3v) is 7.01. The molecule has 0 atom stereocenters. The van der Waals surface area contributed by atoms with Crippen molar-refractivity contribution in [2.24, 2.45) is 0 Å². The van der Waals surface area contributed by atoms with Crippen LogP contribution in [0.5, 0.6) is 0 Å². The molecular formula is C42H26O. The molecule has 0 amide bonds. The van der Waals surface area contributed by atoms with E-state index in [1.54, 1.807) is 0 Å². The van der Waals surface area contributed by atoms with Crippen LogP contribution in [0, 0.1) is 0 Å². The SMILES string of the molecule is [2H]c1c([2H])c([2H])c(-c2c([2H])c([2H])c(-c3c4c([2H])c([2H])c([2H])c([2H])c4c(-c4c([2H])c([2H])c5oc6c([2H])c([2H])c([2H])c([2H])c6c5c4[2H])c4c([2H])c([2H])c([2H])c([2H])c34)c3c([2H])c([2H])c([2H])c([2H])c23)c([2H])c1[2H]. The van der Waals surface area contributed by atoms with Crippen molar-refractivity contribution in [1.29, 1.82) is 0 Å². The highest BCUT2D eigenvalue weighted by Gasteiger charge is 2.19. The van der Waals surface area contributed by atoms with Crippen LogP contribution in [0.2, 0.25) is 0 Å². The van der Waals surface area contributed by atoms with Crippen LogP contribution < -0.4 is 0 Å². The van der Waals surface area contributed by atoms with Crippen molar-refractivity contribution in [2.45, 2.75) is 0 Å². The molecule has 9 aromatic rings. The predicted octanol–water partition coefficient (Wildman–Crippen LogP) is 12.0. The number of rotatable bonds is 3. The van der Waals surface area contributed by atoms with Gasteiger partial charge in [-0.1, -0.05) is 139 Å². The van der Waals surface area contributed by atoms with Gasteiger partial charge in [0.15, 0.2) is 0 Å². The zero-order valence-corrected chi connectivity index (χ0v) is 21.4. The Morgan fingerprint density at radius 1 is 0.326 bits per heavy atom. The molecule has 0 unspecified atom stereocenters. The summed E-state index contributed by atoms with van der Waals surface area (Å²) in [5.74, 6) is 0. The highest BCUT2D eigenvalue weighted by Crippen LogP contribution is 2.47. The average molecular weight is 573 g/mol. The summed E-state index contributed by atoms with van der Waals surface area (Å²) >= 11 is 0. The molecule has 1 nitrogen and oxygen atoms in total. The zero-order valence-electron chi connectivity index (χ0n) is 47.4. The molecule has 8 aromatic carbocycles. The number of hydrogen-bond donors (Lipinski definition) is 0. The van der Waals surface area contributed by atoms with Gasteiger partial charge in [0.1, 0.15) is 11.2 Å². The summed E-state index contributed by atoms with van der Waals surface area (Å²) in [6.07, 6.45) is 0. The first kappa shape index (κ1) is 9.69. The third kappa shape index (κ3) is 3.65. The summed E-state index contributed by atoms with van der Waals surface area (Å²) in [7, 11) is 0. The molecule has 1 heteroatoms. The molecular weight excluding hydrogens is 520 g/mol. The van der Waals surface area contributed by atoms with E-state index in [1.807, 2.05) is 0 Å². The molecule has 1 heterocycles. The van der Waals surface area contributed by atoms with Crippen molar-refractivity contribution < 1.29 is 40.1 Å². The molecule has 0 fully saturated rings. The quantitative estimate of drug-likeness (QED) is 0.192. The van der Waals surface area contributed by atoms with Crippen molar-refractivity contribution in [3.05, 3.63) is 157 Å². The Morgan fingerprint density at radius 2 is 0.814 bits per heavy atom. The number of benzene rings is 8. The van der Waals surface area contributed by atoms with E-state index >= 15 is 0 Å². The monoisotopic (exact) mass is 572 g/mol. The maximum atomic E-state index is 9.68. The Bertz CT molecular complexity index is 3860. The summed E-state index contributed by atoms with van der Waals surface area (Å²) < 4.78 is 238. The number of para-hydroxylation sites is 1. The van der Waals surface area contributed by atoms with E-state index in [0.717, 1.165) is 0 Å². The second-order valence-electron chi connectivity index (χ2n) is 9.26. The molecule has 0 saturated heterocycles. The Kier molecular flexibility index (Phi) is 2.13. The van der Waals surface area contributed by atoms with Gasteiger partial charge in [-0.2, -0.15) is 0 Å². The minimum Gasteiger partial charge on any atom is -0.456 e. The topological polar surface area (TPSA) is 13.1 Å². The number of furan rings is 1. The van der Waals surface area contributed by atoms with E-state index < -0.39 is 245 Å². The van der Waals surface area contributed by atoms with E-state index in [2.05, 4.69) is 0 Å². The molecule has 1 aromatic heterocycles. The molecule has 0 bridgehead atoms. The van der Waals surface area contributed by atoms with Crippen molar-refractivity contribution in [3.63, 3.8) is 0 Å². The largest absolute Gasteiger partial charge is 0.456 e. The standard InChI is InChI=1S/C42H26O/c1-2-12-27(13-3-1)29-23-24-37(31-15-5-4-14-30(29)31)42-35-19-8-6-17-33(35)41(34-18-7-9-20-36(34)42)28-22-25-40-38(26-28)32-16-10-11-21-39(32)43-40/h1-26H/i1D,2D,3D,4D,5D,6D,7D,8D,9D,10D,11D,12D,13D,14D,15D,16D,17D,18D,19D,20D,21D,22D,23D,24D,25D,26D. The first-order valence-corrected chi connectivity index (χ1v) is 12.7. The van der Waals surface area contributed by atoms with E-state index in [4.69, 9.17) is 27.7 Å². The minimum absolute atomic E-state index is 0.425. The van der Waals surface area contributed by atoms with Crippen molar-refractivity contribution >= 4 is 54.3 Å². The van der Waals surface area contributed by atoms with E-state index in [9.17, 15) is 12.3 Å². The maximum Gasteiger partial charge on any atom is 0.135 e. The lowest BCUT2D eigenvalue weighted by atomic mass is 9.83. The first-order valence-electron chi connectivity index (χ1n) is 25.7. The molecule has 9 rings (SSSR count). The second-order valence-corrected chi connectivity index (χ2v) is 9.26. The maximum absolute atomic E-state index is 9.68. The first-order chi connectivity index (χ1) is 32.2. The summed E-state index contributed by atoms with van der Waals surface area (Å²) in [4.78, 5) is 0. The Morgan fingerprint density at radius 3 is 1.49 bits per heavy atom. The van der Waals surface area contributed by atoms with Crippen LogP contribution in [0.25, 0.3) is 87.6 Å². The number of fused-ring (bicyclic) bond motifs is 6. The van der Waals surface area contributed by atoms with Gasteiger partial charge >= 0.3 is 0 Å². The molecule has 0 saturated carbocycles. The molecule has 43 heavy (non-hydrogen) atoms. The summed E-state index contributed by atoms with van der Waals surface area (Å²) in [5, 5.41) is -5.29. The second kappa shape index (κ2) is 9.44. The van der Waals surface area contributed by atoms with Gasteiger partial charge in [-0.05, 0) is 83.8 Å². The molecule has 200 valence electrons. The third-order valence-electron chi connectivity index (χ3n) is 7.01. The summed E-state index contributed by atoms with van der Waals surface area (Å²) in [6, 6.07) is -24.0. The van der Waals surface area contributed by atoms with Crippen molar-refractivity contribution in [1.82, 2.24) is 0 Å². The molecule has 0 N–H and O–H groups in total. The van der Waals surface area contributed by atoms with Crippen LogP contribution >= 0.6 is 0 Å². The fourth-order valence-corrected chi connectivity index (χ4v) is 5.24. The highest BCUT2D eigenvalue weighted by molar-refractivity contribution is 6.24. The summed E-state index contributed by atoms with van der Waals surface area (Å²) in [5.41, 5.74) is -5.53. The highest BCUT2D eigenvalue weighted by atomic mass is 16.3. The molecule has 0 aliphatic rings. The molecule has 0 aliphatic heterocycles. The van der Waals surface area contributed by atoms with Crippen LogP contribution in [0.15, 0.2) is 162 Å². The fraction of sp³-hybridized carbons (Fsp3) is 0. The minimum atomic E-state index is -1.07. The Balaban J connectivity index is 1.65. The Hall–Kier alpha value is -5.66. The van der Waals surface area contributed by atoms with Gasteiger partial charge in [0, 0.05) is 10.8 Å². The van der Waals surface area contributed by atoms with Gasteiger partial charge in [0.2, 0.25) is 0 Å². The molecule has 0 radical (unpaired) electrons. The lowest BCUT2D eigenvalue weighted by Crippen LogP contribution is -1.92. The predicted molar refractivity (Wildman–Crippen MR) is 183 cm³/mol. The van der Waals surface area contributed by atoms with E-state index in [-0.39, 0.29) is 0 Å². The smallest absolute Gasteiger partial charge is 0.135 e. The lowest BCUT2D eigenvalue weighted by Gasteiger charge is -2.19. The van der Waals surface area contributed by atoms with Gasteiger partial charge in [-0.15, -0.1) is 0 Å². The van der Waals surface area contributed by atoms with E-state index in [0.29, 0.717) is 0 Å². The Labute approximate surface area is 285 Å². The number of hydrogen-bond acceptors (Lipinski definition) is 1. The van der Waals surface area contributed by atoms with Crippen molar-refractivity contribution in [3.8, 4) is 33.4 Å². The van der Waals surface area contributed by atoms with Crippen LogP contribution in [0.3, 0.4) is 0 Å². The van der Waals surface area contributed by atoms with Gasteiger partial charge < -0.3 is 4.42 Å². The van der Waals surface area contributed by atoms with Crippen LogP contribution in [-0.2, 0) is 0 Å². The van der Waals surface area contributed by atoms with Crippen molar-refractivity contribution in [2.75, 3.05) is 0 Å². The van der Waals surface area contributed by atoms with Gasteiger partial charge in [-0.25, -0.2) is 0 Å². The molecule has 0 spiro atoms. The van der Waals surface area contributed by atoms with Crippen LogP contribution in [-0.4, -0.2) is 0 Å². The summed E-state index contributed by atoms with van der Waals surface area (Å²) in [6.45, 7) is 0. The van der Waals surface area contributed by atoms with Crippen LogP contribution in [0.4, 0.5) is 0 Å². The van der Waals surface area contributed by atoms with Crippen LogP contribution in [0.1, 0.15) is 35.6 Å². The van der Waals surface area contributed by atoms with E-state index in [1.165, 1.54) is 0 Å². The molecule has 0 aliphatic carbocycles. The normalized spacial score (nSPS) is 20.2. The fourth-order valence-electron chi connectivity index (χ4n) is 5.24. The average Bonchev–Trinajstić information content (AvgIpc) is 3.74. The zero-order chi connectivity index (χ0) is 51.0. The van der Waals surface area contributed by atoms with Gasteiger partial charge in [0.05, 0.1) is 35.6 Å². The lowest BCUT2D eigenvalue weighted by molar-refractivity contribution is 0.669. The van der Waals surface area contributed by atoms with Gasteiger partial charge in [0.25, 0.3) is 0 Å². The van der Waals surface area contributed by atoms with Gasteiger partial charge in [-0.3, -0.25) is 0 Å².